The Morgan fingerprint density at radius 2 is 2.12 bits per heavy atom. The van der Waals surface area contributed by atoms with Crippen LogP contribution in [0.5, 0.6) is 0 Å². The summed E-state index contributed by atoms with van der Waals surface area (Å²) in [6.07, 6.45) is 0.749. The molecule has 140 valence electrons. The maximum Gasteiger partial charge on any atom is 0.325 e. The molecule has 1 aliphatic rings. The van der Waals surface area contributed by atoms with E-state index >= 15 is 0 Å². The average molecular weight is 395 g/mol. The van der Waals surface area contributed by atoms with Gasteiger partial charge in [0.25, 0.3) is 5.56 Å². The molecule has 0 spiro atoms. The van der Waals surface area contributed by atoms with Crippen LogP contribution < -0.4 is 11.2 Å². The Morgan fingerprint density at radius 1 is 1.35 bits per heavy atom. The number of hydrogen-bond donors (Lipinski definition) is 2. The number of thioether (sulfide) groups is 1. The highest BCUT2D eigenvalue weighted by molar-refractivity contribution is 8.01. The van der Waals surface area contributed by atoms with Crippen LogP contribution in [0.4, 0.5) is 0 Å². The molecule has 9 heteroatoms. The molecule has 2 aromatic heterocycles. The summed E-state index contributed by atoms with van der Waals surface area (Å²) >= 11 is 3.30. The highest BCUT2D eigenvalue weighted by Gasteiger charge is 2.24. The summed E-state index contributed by atoms with van der Waals surface area (Å²) in [6, 6.07) is 0. The van der Waals surface area contributed by atoms with E-state index in [1.807, 2.05) is 6.92 Å². The Hall–Kier alpha value is -1.87. The van der Waals surface area contributed by atoms with E-state index in [2.05, 4.69) is 28.8 Å². The van der Waals surface area contributed by atoms with Gasteiger partial charge >= 0.3 is 5.69 Å². The van der Waals surface area contributed by atoms with E-state index in [4.69, 9.17) is 0 Å². The third-order valence-corrected chi connectivity index (χ3v) is 6.92. The van der Waals surface area contributed by atoms with Crippen molar-refractivity contribution in [3.63, 3.8) is 0 Å². The number of carbonyl (C=O) groups excluding carboxylic acids is 1. The smallest absolute Gasteiger partial charge is 0.325 e. The molecule has 0 unspecified atom stereocenters. The first-order valence-corrected chi connectivity index (χ1v) is 10.3. The summed E-state index contributed by atoms with van der Waals surface area (Å²) in [6.45, 7) is 7.01. The van der Waals surface area contributed by atoms with Crippen molar-refractivity contribution < 1.29 is 4.79 Å². The summed E-state index contributed by atoms with van der Waals surface area (Å²) < 4.78 is 0.999. The zero-order valence-corrected chi connectivity index (χ0v) is 16.7. The summed E-state index contributed by atoms with van der Waals surface area (Å²) in [5, 5.41) is 0. The second-order valence-corrected chi connectivity index (χ2v) is 9.15. The molecule has 0 saturated heterocycles. The van der Waals surface area contributed by atoms with E-state index in [1.165, 1.54) is 0 Å². The summed E-state index contributed by atoms with van der Waals surface area (Å²) in [4.78, 5) is 48.1. The number of aromatic amines is 2. The predicted octanol–water partition coefficient (Wildman–Crippen LogP) is 1.70. The molecule has 1 aliphatic heterocycles. The second kappa shape index (κ2) is 7.79. The van der Waals surface area contributed by atoms with E-state index < -0.39 is 5.69 Å². The Morgan fingerprint density at radius 3 is 2.85 bits per heavy atom. The number of H-pyrrole nitrogens is 2. The Labute approximate surface area is 159 Å². The van der Waals surface area contributed by atoms with Gasteiger partial charge in [-0.1, -0.05) is 25.6 Å². The number of aryl methyl sites for hydroxylation is 1. The van der Waals surface area contributed by atoms with Crippen molar-refractivity contribution in [2.75, 3.05) is 12.3 Å². The van der Waals surface area contributed by atoms with E-state index in [9.17, 15) is 14.4 Å². The Kier molecular flexibility index (Phi) is 5.67. The number of fused-ring (bicyclic) bond motifs is 1. The van der Waals surface area contributed by atoms with Crippen LogP contribution in [-0.2, 0) is 24.2 Å². The lowest BCUT2D eigenvalue weighted by atomic mass is 10.1. The third kappa shape index (κ3) is 4.27. The van der Waals surface area contributed by atoms with Crippen molar-refractivity contribution in [3.05, 3.63) is 42.7 Å². The minimum Gasteiger partial charge on any atom is -0.336 e. The van der Waals surface area contributed by atoms with Crippen LogP contribution >= 0.6 is 23.1 Å². The first-order valence-electron chi connectivity index (χ1n) is 8.54. The number of nitrogens with zero attached hydrogens (tertiary/aromatic N) is 2. The van der Waals surface area contributed by atoms with Gasteiger partial charge in [-0.2, -0.15) is 0 Å². The van der Waals surface area contributed by atoms with Crippen molar-refractivity contribution >= 4 is 29.0 Å². The average Bonchev–Trinajstić information content (AvgIpc) is 2.92. The van der Waals surface area contributed by atoms with Gasteiger partial charge in [-0.15, -0.1) is 11.3 Å². The first kappa shape index (κ1) is 18.9. The molecule has 0 bridgehead atoms. The molecule has 0 fully saturated rings. The largest absolute Gasteiger partial charge is 0.336 e. The van der Waals surface area contributed by atoms with E-state index in [-0.39, 0.29) is 18.0 Å². The number of rotatable bonds is 5. The molecule has 2 aromatic rings. The summed E-state index contributed by atoms with van der Waals surface area (Å²) in [7, 11) is 0. The van der Waals surface area contributed by atoms with Gasteiger partial charge in [-0.05, 0) is 19.3 Å². The summed E-state index contributed by atoms with van der Waals surface area (Å²) in [5.74, 6) is 1.59. The molecule has 3 heterocycles. The zero-order valence-electron chi connectivity index (χ0n) is 15.0. The quantitative estimate of drug-likeness (QED) is 0.752. The Balaban J connectivity index is 1.69. The van der Waals surface area contributed by atoms with Crippen LogP contribution in [0.2, 0.25) is 0 Å². The number of thiazole rings is 1. The SMILES string of the molecule is Cc1nc(SCC(C)C)sc1CC(=O)N1CCc2c([nH]c(=O)[nH]c2=O)C1. The van der Waals surface area contributed by atoms with Crippen molar-refractivity contribution in [2.45, 2.75) is 44.5 Å². The molecular weight excluding hydrogens is 372 g/mol. The minimum absolute atomic E-state index is 0.0102. The van der Waals surface area contributed by atoms with E-state index in [1.54, 1.807) is 28.0 Å². The highest BCUT2D eigenvalue weighted by Crippen LogP contribution is 2.29. The third-order valence-electron chi connectivity index (χ3n) is 4.19. The van der Waals surface area contributed by atoms with Crippen LogP contribution in [0.3, 0.4) is 0 Å². The van der Waals surface area contributed by atoms with Crippen LogP contribution in [-0.4, -0.2) is 38.1 Å². The number of carbonyl (C=O) groups is 1. The molecule has 0 saturated carbocycles. The normalized spacial score (nSPS) is 13.9. The zero-order chi connectivity index (χ0) is 18.8. The van der Waals surface area contributed by atoms with Gasteiger partial charge in [-0.3, -0.25) is 14.6 Å². The van der Waals surface area contributed by atoms with Crippen LogP contribution in [0.15, 0.2) is 13.9 Å². The molecule has 0 atom stereocenters. The number of hydrogen-bond acceptors (Lipinski definition) is 6. The molecular formula is C17H22N4O3S2. The lowest BCUT2D eigenvalue weighted by molar-refractivity contribution is -0.131. The standard InChI is InChI=1S/C17H22N4O3S2/c1-9(2)8-25-17-18-10(3)13(26-17)6-14(22)21-5-4-11-12(7-21)19-16(24)20-15(11)23/h9H,4-8H2,1-3H3,(H2,19,20,23,24). The molecule has 2 N–H and O–H groups in total. The molecule has 1 amide bonds. The van der Waals surface area contributed by atoms with Gasteiger partial charge in [0.2, 0.25) is 5.91 Å². The van der Waals surface area contributed by atoms with Crippen LogP contribution in [0.25, 0.3) is 0 Å². The summed E-state index contributed by atoms with van der Waals surface area (Å²) in [5.41, 5.74) is 1.11. The van der Waals surface area contributed by atoms with Crippen LogP contribution in [0.1, 0.15) is 35.7 Å². The monoisotopic (exact) mass is 394 g/mol. The minimum atomic E-state index is -0.534. The molecule has 0 aromatic carbocycles. The van der Waals surface area contributed by atoms with Gasteiger partial charge in [-0.25, -0.2) is 9.78 Å². The van der Waals surface area contributed by atoms with Gasteiger partial charge in [0.05, 0.1) is 18.7 Å². The second-order valence-electron chi connectivity index (χ2n) is 6.80. The van der Waals surface area contributed by atoms with Crippen molar-refractivity contribution in [1.29, 1.82) is 0 Å². The van der Waals surface area contributed by atoms with Crippen molar-refractivity contribution in [1.82, 2.24) is 19.9 Å². The maximum absolute atomic E-state index is 12.7. The van der Waals surface area contributed by atoms with Gasteiger partial charge in [0.1, 0.15) is 4.34 Å². The predicted molar refractivity (Wildman–Crippen MR) is 103 cm³/mol. The fourth-order valence-corrected chi connectivity index (χ4v) is 5.00. The van der Waals surface area contributed by atoms with Crippen molar-refractivity contribution in [2.24, 2.45) is 5.92 Å². The van der Waals surface area contributed by atoms with E-state index in [0.29, 0.717) is 36.6 Å². The van der Waals surface area contributed by atoms with Gasteiger partial charge in [0.15, 0.2) is 0 Å². The lowest BCUT2D eigenvalue weighted by Gasteiger charge is -2.27. The Bertz CT molecular complexity index is 929. The first-order chi connectivity index (χ1) is 12.3. The fourth-order valence-electron chi connectivity index (χ4n) is 2.80. The number of nitrogens with one attached hydrogen (secondary N) is 2. The molecule has 3 rings (SSSR count). The fraction of sp³-hybridized carbons (Fsp3) is 0.529. The number of amides is 1. The van der Waals surface area contributed by atoms with Gasteiger partial charge in [0, 0.05) is 28.4 Å². The molecule has 0 radical (unpaired) electrons. The lowest BCUT2D eigenvalue weighted by Crippen LogP contribution is -2.41. The highest BCUT2D eigenvalue weighted by atomic mass is 32.2. The topological polar surface area (TPSA) is 98.9 Å². The van der Waals surface area contributed by atoms with Gasteiger partial charge < -0.3 is 9.88 Å². The van der Waals surface area contributed by atoms with Crippen LogP contribution in [0, 0.1) is 12.8 Å². The number of aromatic nitrogens is 3. The van der Waals surface area contributed by atoms with Crippen molar-refractivity contribution in [3.8, 4) is 0 Å². The maximum atomic E-state index is 12.7. The van der Waals surface area contributed by atoms with E-state index in [0.717, 1.165) is 20.7 Å². The molecule has 0 aliphatic carbocycles. The molecule has 26 heavy (non-hydrogen) atoms. The molecule has 7 nitrogen and oxygen atoms in total.